The van der Waals surface area contributed by atoms with Gasteiger partial charge in [-0.1, -0.05) is 0 Å². The Balaban J connectivity index is 1.76. The Hall–Kier alpha value is -1.09. The molecule has 0 bridgehead atoms. The lowest BCUT2D eigenvalue weighted by Crippen LogP contribution is -2.48. The highest BCUT2D eigenvalue weighted by Crippen LogP contribution is 2.27. The van der Waals surface area contributed by atoms with E-state index in [1.165, 1.54) is 43.9 Å². The summed E-state index contributed by atoms with van der Waals surface area (Å²) in [5.74, 6) is 0.848. The number of nitrogens with one attached hydrogen (secondary N) is 1. The van der Waals surface area contributed by atoms with E-state index in [0.29, 0.717) is 0 Å². The number of aromatic nitrogens is 1. The van der Waals surface area contributed by atoms with Gasteiger partial charge < -0.3 is 10.2 Å². The zero-order valence-corrected chi connectivity index (χ0v) is 8.24. The Morgan fingerprint density at radius 2 is 2.43 bits per heavy atom. The number of anilines is 1. The summed E-state index contributed by atoms with van der Waals surface area (Å²) in [4.78, 5) is 6.68. The summed E-state index contributed by atoms with van der Waals surface area (Å²) in [6.45, 7) is 4.75. The van der Waals surface area contributed by atoms with Crippen molar-refractivity contribution in [2.75, 3.05) is 31.1 Å². The molecule has 3 heteroatoms. The van der Waals surface area contributed by atoms with Gasteiger partial charge in [0, 0.05) is 38.3 Å². The maximum Gasteiger partial charge on any atom is 0.0586 e. The van der Waals surface area contributed by atoms with Crippen molar-refractivity contribution in [1.82, 2.24) is 10.3 Å². The predicted molar refractivity (Wildman–Crippen MR) is 56.5 cm³/mol. The lowest BCUT2D eigenvalue weighted by atomic mass is 10.0. The first kappa shape index (κ1) is 8.24. The summed E-state index contributed by atoms with van der Waals surface area (Å²) in [6.07, 6.45) is 5.10. The van der Waals surface area contributed by atoms with Crippen LogP contribution < -0.4 is 10.2 Å². The van der Waals surface area contributed by atoms with E-state index in [2.05, 4.69) is 21.3 Å². The number of hydrogen-bond donors (Lipinski definition) is 1. The number of fused-ring (bicyclic) bond motifs is 1. The van der Waals surface area contributed by atoms with Gasteiger partial charge in [-0.2, -0.15) is 0 Å². The SMILES string of the molecule is c1cc2c(cn1)N(CC1CNC1)CC2. The van der Waals surface area contributed by atoms with Crippen molar-refractivity contribution in [1.29, 1.82) is 0 Å². The fraction of sp³-hybridized carbons (Fsp3) is 0.545. The summed E-state index contributed by atoms with van der Waals surface area (Å²) in [7, 11) is 0. The van der Waals surface area contributed by atoms with Crippen molar-refractivity contribution in [3.05, 3.63) is 24.0 Å². The van der Waals surface area contributed by atoms with Crippen LogP contribution in [0.4, 0.5) is 5.69 Å². The minimum atomic E-state index is 0.848. The maximum atomic E-state index is 4.20. The Morgan fingerprint density at radius 3 is 3.21 bits per heavy atom. The molecule has 74 valence electrons. The molecule has 3 nitrogen and oxygen atoms in total. The van der Waals surface area contributed by atoms with Gasteiger partial charge >= 0.3 is 0 Å². The molecule has 2 aliphatic heterocycles. The quantitative estimate of drug-likeness (QED) is 0.741. The third kappa shape index (κ3) is 1.28. The van der Waals surface area contributed by atoms with Crippen molar-refractivity contribution in [3.63, 3.8) is 0 Å². The van der Waals surface area contributed by atoms with Crippen LogP contribution in [0.15, 0.2) is 18.5 Å². The Bertz CT molecular complexity index is 333. The molecule has 0 aromatic carbocycles. The zero-order valence-electron chi connectivity index (χ0n) is 8.24. The summed E-state index contributed by atoms with van der Waals surface area (Å²) < 4.78 is 0. The van der Waals surface area contributed by atoms with Crippen molar-refractivity contribution >= 4 is 5.69 Å². The Labute approximate surface area is 84.1 Å². The smallest absolute Gasteiger partial charge is 0.0586 e. The van der Waals surface area contributed by atoms with Gasteiger partial charge in [0.15, 0.2) is 0 Å². The Kier molecular flexibility index (Phi) is 1.91. The summed E-state index contributed by atoms with van der Waals surface area (Å²) in [6, 6.07) is 2.15. The van der Waals surface area contributed by atoms with Gasteiger partial charge in [-0.3, -0.25) is 4.98 Å². The molecule has 0 unspecified atom stereocenters. The molecular formula is C11H15N3. The second kappa shape index (κ2) is 3.24. The molecule has 0 radical (unpaired) electrons. The molecule has 1 N–H and O–H groups in total. The number of pyridine rings is 1. The van der Waals surface area contributed by atoms with Crippen molar-refractivity contribution in [2.24, 2.45) is 5.92 Å². The first-order valence-corrected chi connectivity index (χ1v) is 5.32. The fourth-order valence-electron chi connectivity index (χ4n) is 2.27. The first-order valence-electron chi connectivity index (χ1n) is 5.32. The van der Waals surface area contributed by atoms with Crippen LogP contribution in [-0.2, 0) is 6.42 Å². The lowest BCUT2D eigenvalue weighted by molar-refractivity contribution is 0.350. The van der Waals surface area contributed by atoms with Crippen LogP contribution in [-0.4, -0.2) is 31.2 Å². The van der Waals surface area contributed by atoms with Crippen LogP contribution in [0.2, 0.25) is 0 Å². The molecule has 0 atom stereocenters. The highest BCUT2D eigenvalue weighted by Gasteiger charge is 2.24. The van der Waals surface area contributed by atoms with Gasteiger partial charge in [0.05, 0.1) is 11.9 Å². The molecule has 14 heavy (non-hydrogen) atoms. The van der Waals surface area contributed by atoms with Gasteiger partial charge in [-0.05, 0) is 18.1 Å². The van der Waals surface area contributed by atoms with Crippen LogP contribution in [0.1, 0.15) is 5.56 Å². The largest absolute Gasteiger partial charge is 0.369 e. The van der Waals surface area contributed by atoms with E-state index in [1.54, 1.807) is 0 Å². The predicted octanol–water partition coefficient (Wildman–Crippen LogP) is 0.663. The Morgan fingerprint density at radius 1 is 1.50 bits per heavy atom. The average Bonchev–Trinajstić information content (AvgIpc) is 2.55. The van der Waals surface area contributed by atoms with Crippen LogP contribution in [0.5, 0.6) is 0 Å². The summed E-state index contributed by atoms with van der Waals surface area (Å²) >= 11 is 0. The second-order valence-electron chi connectivity index (χ2n) is 4.22. The summed E-state index contributed by atoms with van der Waals surface area (Å²) in [5.41, 5.74) is 2.83. The molecule has 2 aliphatic rings. The maximum absolute atomic E-state index is 4.20. The van der Waals surface area contributed by atoms with Crippen molar-refractivity contribution < 1.29 is 0 Å². The number of hydrogen-bond acceptors (Lipinski definition) is 3. The third-order valence-corrected chi connectivity index (χ3v) is 3.22. The monoisotopic (exact) mass is 189 g/mol. The average molecular weight is 189 g/mol. The van der Waals surface area contributed by atoms with Crippen molar-refractivity contribution in [3.8, 4) is 0 Å². The minimum Gasteiger partial charge on any atom is -0.369 e. The van der Waals surface area contributed by atoms with Crippen molar-refractivity contribution in [2.45, 2.75) is 6.42 Å². The van der Waals surface area contributed by atoms with E-state index < -0.39 is 0 Å². The molecule has 3 heterocycles. The summed E-state index contributed by atoms with van der Waals surface area (Å²) in [5, 5.41) is 3.32. The third-order valence-electron chi connectivity index (χ3n) is 3.22. The molecule has 1 aromatic heterocycles. The van der Waals surface area contributed by atoms with Crippen LogP contribution in [0.25, 0.3) is 0 Å². The van der Waals surface area contributed by atoms with E-state index in [-0.39, 0.29) is 0 Å². The van der Waals surface area contributed by atoms with E-state index in [0.717, 1.165) is 5.92 Å². The van der Waals surface area contributed by atoms with Gasteiger partial charge in [0.25, 0.3) is 0 Å². The highest BCUT2D eigenvalue weighted by atomic mass is 15.2. The second-order valence-corrected chi connectivity index (χ2v) is 4.22. The van der Waals surface area contributed by atoms with Crippen LogP contribution in [0.3, 0.4) is 0 Å². The molecule has 1 saturated heterocycles. The van der Waals surface area contributed by atoms with Gasteiger partial charge in [0.2, 0.25) is 0 Å². The standard InChI is InChI=1S/C11H15N3/c1-3-12-7-11-10(1)2-4-14(11)8-9-5-13-6-9/h1,3,7,9,13H,2,4-6,8H2. The van der Waals surface area contributed by atoms with E-state index in [9.17, 15) is 0 Å². The number of rotatable bonds is 2. The molecule has 0 spiro atoms. The highest BCUT2D eigenvalue weighted by molar-refractivity contribution is 5.56. The van der Waals surface area contributed by atoms with Gasteiger partial charge in [-0.15, -0.1) is 0 Å². The van der Waals surface area contributed by atoms with Gasteiger partial charge in [-0.25, -0.2) is 0 Å². The zero-order chi connectivity index (χ0) is 9.38. The fourth-order valence-corrected chi connectivity index (χ4v) is 2.27. The normalized spacial score (nSPS) is 20.7. The first-order chi connectivity index (χ1) is 6.93. The van der Waals surface area contributed by atoms with Crippen LogP contribution in [0, 0.1) is 5.92 Å². The lowest BCUT2D eigenvalue weighted by Gasteiger charge is -2.32. The number of nitrogens with zero attached hydrogens (tertiary/aromatic N) is 2. The molecular weight excluding hydrogens is 174 g/mol. The van der Waals surface area contributed by atoms with Crippen LogP contribution >= 0.6 is 0 Å². The molecule has 1 fully saturated rings. The van der Waals surface area contributed by atoms with E-state index in [4.69, 9.17) is 0 Å². The van der Waals surface area contributed by atoms with Gasteiger partial charge in [0.1, 0.15) is 0 Å². The topological polar surface area (TPSA) is 28.2 Å². The molecule has 0 aliphatic carbocycles. The molecule has 0 amide bonds. The minimum absolute atomic E-state index is 0.848. The van der Waals surface area contributed by atoms with E-state index >= 15 is 0 Å². The molecule has 0 saturated carbocycles. The van der Waals surface area contributed by atoms with E-state index in [1.807, 2.05) is 12.4 Å². The molecule has 3 rings (SSSR count). The molecule has 1 aromatic rings.